The van der Waals surface area contributed by atoms with Gasteiger partial charge in [-0.1, -0.05) is 6.92 Å². The lowest BCUT2D eigenvalue weighted by Gasteiger charge is -2.37. The summed E-state index contributed by atoms with van der Waals surface area (Å²) in [5.41, 5.74) is 0. The maximum absolute atomic E-state index is 12.0. The number of carbonyl (C=O) groups excluding carboxylic acids is 2. The lowest BCUT2D eigenvalue weighted by molar-refractivity contribution is -0.138. The summed E-state index contributed by atoms with van der Waals surface area (Å²) in [5.74, 6) is -1.63. The number of nitrogens with zero attached hydrogens (tertiary/aromatic N) is 1. The third-order valence-electron chi connectivity index (χ3n) is 3.01. The first-order valence-electron chi connectivity index (χ1n) is 6.37. The number of carbonyl (C=O) groups is 3. The van der Waals surface area contributed by atoms with E-state index < -0.39 is 17.9 Å². The molecule has 1 fully saturated rings. The Labute approximate surface area is 111 Å². The fraction of sp³-hybridized carbons (Fsp3) is 0.750. The number of morpholine rings is 1. The van der Waals surface area contributed by atoms with Gasteiger partial charge in [0.2, 0.25) is 5.91 Å². The van der Waals surface area contributed by atoms with E-state index in [1.807, 2.05) is 13.8 Å². The molecule has 0 radical (unpaired) electrons. The van der Waals surface area contributed by atoms with E-state index in [2.05, 4.69) is 5.32 Å². The summed E-state index contributed by atoms with van der Waals surface area (Å²) in [6.07, 6.45) is 0.194. The van der Waals surface area contributed by atoms with E-state index in [4.69, 9.17) is 9.84 Å². The quantitative estimate of drug-likeness (QED) is 0.780. The van der Waals surface area contributed by atoms with Crippen LogP contribution in [-0.4, -0.2) is 53.2 Å². The minimum atomic E-state index is -1.06. The van der Waals surface area contributed by atoms with Crippen LogP contribution in [0.25, 0.3) is 0 Å². The molecule has 3 amide bonds. The number of rotatable bonds is 4. The van der Waals surface area contributed by atoms with Crippen LogP contribution in [0.3, 0.4) is 0 Å². The van der Waals surface area contributed by atoms with Crippen molar-refractivity contribution < 1.29 is 24.2 Å². The number of urea groups is 1. The van der Waals surface area contributed by atoms with Gasteiger partial charge in [-0.25, -0.2) is 4.79 Å². The number of hydrogen-bond acceptors (Lipinski definition) is 4. The zero-order valence-electron chi connectivity index (χ0n) is 11.2. The molecule has 19 heavy (non-hydrogen) atoms. The average molecular weight is 272 g/mol. The predicted molar refractivity (Wildman–Crippen MR) is 66.6 cm³/mol. The Bertz CT molecular complexity index is 358. The Hall–Kier alpha value is -1.63. The minimum Gasteiger partial charge on any atom is -0.481 e. The Morgan fingerprint density at radius 1 is 1.37 bits per heavy atom. The summed E-state index contributed by atoms with van der Waals surface area (Å²) in [5, 5.41) is 10.7. The second-order valence-corrected chi connectivity index (χ2v) is 4.61. The first kappa shape index (κ1) is 15.4. The molecule has 1 aliphatic heterocycles. The normalized spacial score (nSPS) is 22.9. The highest BCUT2D eigenvalue weighted by Crippen LogP contribution is 2.14. The number of carboxylic acids is 1. The zero-order chi connectivity index (χ0) is 14.4. The molecule has 0 bridgehead atoms. The molecule has 7 nitrogen and oxygen atoms in total. The van der Waals surface area contributed by atoms with E-state index in [1.54, 1.807) is 4.90 Å². The van der Waals surface area contributed by atoms with E-state index >= 15 is 0 Å². The van der Waals surface area contributed by atoms with E-state index in [-0.39, 0.29) is 25.0 Å². The maximum Gasteiger partial charge on any atom is 0.324 e. The summed E-state index contributed by atoms with van der Waals surface area (Å²) in [4.78, 5) is 35.3. The molecule has 1 rings (SSSR count). The smallest absolute Gasteiger partial charge is 0.324 e. The van der Waals surface area contributed by atoms with Gasteiger partial charge in [0.15, 0.2) is 0 Å². The van der Waals surface area contributed by atoms with Crippen LogP contribution in [0.5, 0.6) is 0 Å². The van der Waals surface area contributed by atoms with E-state index in [0.29, 0.717) is 13.2 Å². The van der Waals surface area contributed by atoms with Gasteiger partial charge in [-0.15, -0.1) is 0 Å². The minimum absolute atomic E-state index is 0.0523. The van der Waals surface area contributed by atoms with Crippen molar-refractivity contribution >= 4 is 17.9 Å². The van der Waals surface area contributed by atoms with Crippen molar-refractivity contribution in [3.8, 4) is 0 Å². The van der Waals surface area contributed by atoms with Crippen LogP contribution in [0.2, 0.25) is 0 Å². The molecule has 1 heterocycles. The molecule has 108 valence electrons. The lowest BCUT2D eigenvalue weighted by Crippen LogP contribution is -2.55. The van der Waals surface area contributed by atoms with Gasteiger partial charge >= 0.3 is 12.0 Å². The second-order valence-electron chi connectivity index (χ2n) is 4.61. The molecular weight excluding hydrogens is 252 g/mol. The number of ether oxygens (including phenoxy) is 1. The SMILES string of the molecule is CCC1COC(C)CN1C(=O)NC(=O)CCC(=O)O. The van der Waals surface area contributed by atoms with Crippen LogP contribution in [0, 0.1) is 0 Å². The molecule has 1 saturated heterocycles. The van der Waals surface area contributed by atoms with E-state index in [1.165, 1.54) is 0 Å². The molecule has 0 aromatic carbocycles. The summed E-state index contributed by atoms with van der Waals surface area (Å²) in [6.45, 7) is 4.68. The van der Waals surface area contributed by atoms with Crippen molar-refractivity contribution in [2.24, 2.45) is 0 Å². The molecule has 0 saturated carbocycles. The zero-order valence-corrected chi connectivity index (χ0v) is 11.2. The van der Waals surface area contributed by atoms with Crippen molar-refractivity contribution in [1.29, 1.82) is 0 Å². The molecule has 2 unspecified atom stereocenters. The van der Waals surface area contributed by atoms with E-state index in [9.17, 15) is 14.4 Å². The maximum atomic E-state index is 12.0. The van der Waals surface area contributed by atoms with Crippen molar-refractivity contribution in [3.63, 3.8) is 0 Å². The highest BCUT2D eigenvalue weighted by molar-refractivity contribution is 5.95. The largest absolute Gasteiger partial charge is 0.481 e. The predicted octanol–water partition coefficient (Wildman–Crippen LogP) is 0.587. The van der Waals surface area contributed by atoms with Gasteiger partial charge in [-0.3, -0.25) is 14.9 Å². The Morgan fingerprint density at radius 2 is 2.05 bits per heavy atom. The highest BCUT2D eigenvalue weighted by atomic mass is 16.5. The number of hydrogen-bond donors (Lipinski definition) is 2. The first-order valence-corrected chi connectivity index (χ1v) is 6.37. The number of carboxylic acid groups (broad SMARTS) is 1. The van der Waals surface area contributed by atoms with Gasteiger partial charge in [-0.2, -0.15) is 0 Å². The number of imide groups is 1. The van der Waals surface area contributed by atoms with Gasteiger partial charge in [0, 0.05) is 13.0 Å². The molecule has 0 aliphatic carbocycles. The monoisotopic (exact) mass is 272 g/mol. The fourth-order valence-electron chi connectivity index (χ4n) is 1.91. The van der Waals surface area contributed by atoms with Crippen molar-refractivity contribution in [3.05, 3.63) is 0 Å². The number of aliphatic carboxylic acids is 1. The summed E-state index contributed by atoms with van der Waals surface area (Å²) in [7, 11) is 0. The Balaban J connectivity index is 2.50. The van der Waals surface area contributed by atoms with Gasteiger partial charge in [0.05, 0.1) is 25.2 Å². The summed E-state index contributed by atoms with van der Waals surface area (Å²) in [6, 6.07) is -0.527. The Morgan fingerprint density at radius 3 is 2.63 bits per heavy atom. The van der Waals surface area contributed by atoms with Crippen LogP contribution in [0.4, 0.5) is 4.79 Å². The van der Waals surface area contributed by atoms with Crippen LogP contribution in [-0.2, 0) is 14.3 Å². The fourth-order valence-corrected chi connectivity index (χ4v) is 1.91. The van der Waals surface area contributed by atoms with Gasteiger partial charge < -0.3 is 14.7 Å². The molecular formula is C12H20N2O5. The molecule has 0 aromatic rings. The van der Waals surface area contributed by atoms with Gasteiger partial charge in [0.1, 0.15) is 0 Å². The van der Waals surface area contributed by atoms with Crippen molar-refractivity contribution in [2.45, 2.75) is 45.3 Å². The molecule has 0 spiro atoms. The molecule has 1 aliphatic rings. The van der Waals surface area contributed by atoms with Gasteiger partial charge in [0.25, 0.3) is 0 Å². The highest BCUT2D eigenvalue weighted by Gasteiger charge is 2.30. The van der Waals surface area contributed by atoms with Gasteiger partial charge in [-0.05, 0) is 13.3 Å². The summed E-state index contributed by atoms with van der Waals surface area (Å²) >= 11 is 0. The third kappa shape index (κ3) is 4.86. The molecule has 2 N–H and O–H groups in total. The van der Waals surface area contributed by atoms with Crippen LogP contribution < -0.4 is 5.32 Å². The third-order valence-corrected chi connectivity index (χ3v) is 3.01. The van der Waals surface area contributed by atoms with Crippen molar-refractivity contribution in [1.82, 2.24) is 10.2 Å². The second kappa shape index (κ2) is 7.08. The first-order chi connectivity index (χ1) is 8.93. The number of amides is 3. The Kier molecular flexibility index (Phi) is 5.75. The molecule has 0 aromatic heterocycles. The van der Waals surface area contributed by atoms with Crippen LogP contribution in [0.15, 0.2) is 0 Å². The standard InChI is InChI=1S/C12H20N2O5/c1-3-9-7-19-8(2)6-14(9)12(18)13-10(15)4-5-11(16)17/h8-9H,3-7H2,1-2H3,(H,16,17)(H,13,15,18). The summed E-state index contributed by atoms with van der Waals surface area (Å²) < 4.78 is 5.46. The molecule has 7 heteroatoms. The topological polar surface area (TPSA) is 95.9 Å². The van der Waals surface area contributed by atoms with E-state index in [0.717, 1.165) is 6.42 Å². The van der Waals surface area contributed by atoms with Crippen molar-refractivity contribution in [2.75, 3.05) is 13.2 Å². The lowest BCUT2D eigenvalue weighted by atomic mass is 10.1. The van der Waals surface area contributed by atoms with Crippen LogP contribution in [0.1, 0.15) is 33.1 Å². The average Bonchev–Trinajstić information content (AvgIpc) is 2.36. The number of nitrogens with one attached hydrogen (secondary N) is 1. The molecule has 2 atom stereocenters. The van der Waals surface area contributed by atoms with Crippen LogP contribution >= 0.6 is 0 Å².